The zero-order valence-electron chi connectivity index (χ0n) is 13.5. The highest BCUT2D eigenvalue weighted by atomic mass is 35.5. The molecule has 126 valence electrons. The summed E-state index contributed by atoms with van der Waals surface area (Å²) in [6.07, 6.45) is 0. The van der Waals surface area contributed by atoms with Gasteiger partial charge in [-0.1, -0.05) is 28.9 Å². The van der Waals surface area contributed by atoms with Gasteiger partial charge in [0.2, 0.25) is 0 Å². The van der Waals surface area contributed by atoms with Crippen LogP contribution in [0.15, 0.2) is 53.3 Å². The van der Waals surface area contributed by atoms with Crippen molar-refractivity contribution in [1.29, 1.82) is 0 Å². The molecular weight excluding hydrogens is 340 g/mol. The van der Waals surface area contributed by atoms with Gasteiger partial charge in [-0.25, -0.2) is 9.48 Å². The second-order valence-electron chi connectivity index (χ2n) is 5.67. The fourth-order valence-corrected chi connectivity index (χ4v) is 2.91. The van der Waals surface area contributed by atoms with E-state index in [0.717, 1.165) is 11.0 Å². The summed E-state index contributed by atoms with van der Waals surface area (Å²) < 4.78 is 4.80. The van der Waals surface area contributed by atoms with E-state index in [-0.39, 0.29) is 5.69 Å². The Balaban J connectivity index is 1.63. The first-order valence-electron chi connectivity index (χ1n) is 7.84. The molecule has 0 atom stereocenters. The number of hydrogen-bond donors (Lipinski definition) is 0. The standard InChI is InChI=1S/C17H15ClN6O/c1-12-20-24(14-8-6-13(18)7-9-14)17(25)22(12)10-11-23-16-5-3-2-4-15(16)19-21-23/h2-9H,10-11H2,1H3. The highest BCUT2D eigenvalue weighted by Crippen LogP contribution is 2.12. The summed E-state index contributed by atoms with van der Waals surface area (Å²) in [7, 11) is 0. The van der Waals surface area contributed by atoms with Gasteiger partial charge in [-0.3, -0.25) is 4.57 Å². The molecule has 0 aliphatic carbocycles. The Labute approximate surface area is 148 Å². The molecule has 0 amide bonds. The van der Waals surface area contributed by atoms with Gasteiger partial charge in [-0.05, 0) is 43.3 Å². The van der Waals surface area contributed by atoms with Gasteiger partial charge in [-0.2, -0.15) is 9.78 Å². The van der Waals surface area contributed by atoms with Gasteiger partial charge in [0.1, 0.15) is 11.3 Å². The molecule has 4 aromatic rings. The zero-order valence-corrected chi connectivity index (χ0v) is 14.3. The van der Waals surface area contributed by atoms with E-state index in [2.05, 4.69) is 15.4 Å². The molecular formula is C17H15ClN6O. The van der Waals surface area contributed by atoms with Crippen LogP contribution in [0.25, 0.3) is 16.7 Å². The fourth-order valence-electron chi connectivity index (χ4n) is 2.78. The van der Waals surface area contributed by atoms with E-state index in [1.807, 2.05) is 31.2 Å². The molecule has 0 spiro atoms. The highest BCUT2D eigenvalue weighted by Gasteiger charge is 2.12. The first-order valence-corrected chi connectivity index (χ1v) is 8.22. The Morgan fingerprint density at radius 1 is 1.04 bits per heavy atom. The topological polar surface area (TPSA) is 70.5 Å². The number of hydrogen-bond acceptors (Lipinski definition) is 4. The van der Waals surface area contributed by atoms with Gasteiger partial charge in [0.05, 0.1) is 17.7 Å². The van der Waals surface area contributed by atoms with Crippen molar-refractivity contribution in [3.8, 4) is 5.69 Å². The SMILES string of the molecule is Cc1nn(-c2ccc(Cl)cc2)c(=O)n1CCn1nnc2ccccc21. The average molecular weight is 355 g/mol. The van der Waals surface area contributed by atoms with Crippen molar-refractivity contribution in [2.45, 2.75) is 20.0 Å². The summed E-state index contributed by atoms with van der Waals surface area (Å²) >= 11 is 5.90. The van der Waals surface area contributed by atoms with Crippen molar-refractivity contribution in [3.05, 3.63) is 69.9 Å². The van der Waals surface area contributed by atoms with Crippen molar-refractivity contribution in [3.63, 3.8) is 0 Å². The third-order valence-electron chi connectivity index (χ3n) is 4.07. The van der Waals surface area contributed by atoms with Crippen molar-refractivity contribution in [2.24, 2.45) is 0 Å². The predicted octanol–water partition coefficient (Wildman–Crippen LogP) is 2.44. The van der Waals surface area contributed by atoms with Gasteiger partial charge >= 0.3 is 5.69 Å². The molecule has 2 aromatic heterocycles. The van der Waals surface area contributed by atoms with Gasteiger partial charge in [0, 0.05) is 11.6 Å². The Morgan fingerprint density at radius 3 is 2.60 bits per heavy atom. The monoisotopic (exact) mass is 354 g/mol. The molecule has 8 heteroatoms. The lowest BCUT2D eigenvalue weighted by Gasteiger charge is -2.04. The van der Waals surface area contributed by atoms with E-state index < -0.39 is 0 Å². The minimum atomic E-state index is -0.191. The van der Waals surface area contributed by atoms with Gasteiger partial charge < -0.3 is 0 Å². The van der Waals surface area contributed by atoms with Crippen molar-refractivity contribution < 1.29 is 0 Å². The molecule has 4 rings (SSSR count). The normalized spacial score (nSPS) is 11.3. The summed E-state index contributed by atoms with van der Waals surface area (Å²) in [5.74, 6) is 0.643. The second-order valence-corrected chi connectivity index (χ2v) is 6.11. The number of aryl methyl sites for hydroxylation is 2. The summed E-state index contributed by atoms with van der Waals surface area (Å²) in [6.45, 7) is 2.81. The van der Waals surface area contributed by atoms with Crippen molar-refractivity contribution in [2.75, 3.05) is 0 Å². The van der Waals surface area contributed by atoms with Crippen LogP contribution in [0.4, 0.5) is 0 Å². The third kappa shape index (κ3) is 2.83. The molecule has 0 bridgehead atoms. The molecule has 0 saturated heterocycles. The zero-order chi connectivity index (χ0) is 17.4. The van der Waals surface area contributed by atoms with Gasteiger partial charge in [0.25, 0.3) is 0 Å². The molecule has 0 radical (unpaired) electrons. The molecule has 0 saturated carbocycles. The van der Waals surface area contributed by atoms with Crippen LogP contribution in [0.1, 0.15) is 5.82 Å². The first-order chi connectivity index (χ1) is 12.1. The van der Waals surface area contributed by atoms with E-state index in [1.54, 1.807) is 33.5 Å². The summed E-state index contributed by atoms with van der Waals surface area (Å²) in [5.41, 5.74) is 2.27. The minimum Gasteiger partial charge on any atom is -0.277 e. The molecule has 2 heterocycles. The van der Waals surface area contributed by atoms with Crippen LogP contribution in [0.3, 0.4) is 0 Å². The number of fused-ring (bicyclic) bond motifs is 1. The number of aromatic nitrogens is 6. The predicted molar refractivity (Wildman–Crippen MR) is 95.1 cm³/mol. The Kier molecular flexibility index (Phi) is 3.85. The van der Waals surface area contributed by atoms with Crippen LogP contribution in [0.2, 0.25) is 5.02 Å². The van der Waals surface area contributed by atoms with E-state index in [0.29, 0.717) is 29.6 Å². The minimum absolute atomic E-state index is 0.191. The molecule has 0 unspecified atom stereocenters. The molecule has 0 aliphatic rings. The smallest absolute Gasteiger partial charge is 0.277 e. The fraction of sp³-hybridized carbons (Fsp3) is 0.176. The highest BCUT2D eigenvalue weighted by molar-refractivity contribution is 6.30. The molecule has 7 nitrogen and oxygen atoms in total. The number of benzene rings is 2. The number of nitrogens with zero attached hydrogens (tertiary/aromatic N) is 6. The van der Waals surface area contributed by atoms with E-state index in [4.69, 9.17) is 11.6 Å². The molecule has 0 fully saturated rings. The number of rotatable bonds is 4. The van der Waals surface area contributed by atoms with Gasteiger partial charge in [0.15, 0.2) is 0 Å². The lowest BCUT2D eigenvalue weighted by atomic mass is 10.3. The first kappa shape index (κ1) is 15.6. The maximum atomic E-state index is 12.7. The van der Waals surface area contributed by atoms with Crippen LogP contribution in [-0.2, 0) is 13.1 Å². The number of halogens is 1. The quantitative estimate of drug-likeness (QED) is 0.564. The van der Waals surface area contributed by atoms with E-state index in [9.17, 15) is 4.79 Å². The van der Waals surface area contributed by atoms with Gasteiger partial charge in [-0.15, -0.1) is 5.10 Å². The summed E-state index contributed by atoms with van der Waals surface area (Å²) in [5, 5.41) is 13.3. The Hall–Kier alpha value is -2.93. The largest absolute Gasteiger partial charge is 0.350 e. The Bertz CT molecular complexity index is 1090. The van der Waals surface area contributed by atoms with Crippen molar-refractivity contribution in [1.82, 2.24) is 29.3 Å². The van der Waals surface area contributed by atoms with Crippen LogP contribution in [-0.4, -0.2) is 29.3 Å². The third-order valence-corrected chi connectivity index (χ3v) is 4.33. The van der Waals surface area contributed by atoms with Crippen LogP contribution in [0.5, 0.6) is 0 Å². The van der Waals surface area contributed by atoms with Crippen LogP contribution in [0, 0.1) is 6.92 Å². The maximum absolute atomic E-state index is 12.7. The van der Waals surface area contributed by atoms with Crippen LogP contribution >= 0.6 is 11.6 Å². The van der Waals surface area contributed by atoms with E-state index >= 15 is 0 Å². The second kappa shape index (κ2) is 6.18. The molecule has 25 heavy (non-hydrogen) atoms. The summed E-state index contributed by atoms with van der Waals surface area (Å²) in [4.78, 5) is 12.7. The molecule has 2 aromatic carbocycles. The molecule has 0 aliphatic heterocycles. The summed E-state index contributed by atoms with van der Waals surface area (Å²) in [6, 6.07) is 14.7. The lowest BCUT2D eigenvalue weighted by Crippen LogP contribution is -2.26. The molecule has 0 N–H and O–H groups in total. The van der Waals surface area contributed by atoms with Crippen LogP contribution < -0.4 is 5.69 Å². The Morgan fingerprint density at radius 2 is 1.80 bits per heavy atom. The van der Waals surface area contributed by atoms with Crippen molar-refractivity contribution >= 4 is 22.6 Å². The van der Waals surface area contributed by atoms with E-state index in [1.165, 1.54) is 4.68 Å². The number of para-hydroxylation sites is 1. The average Bonchev–Trinajstić information content (AvgIpc) is 3.15. The maximum Gasteiger partial charge on any atom is 0.350 e. The lowest BCUT2D eigenvalue weighted by molar-refractivity contribution is 0.514.